The molecule has 0 unspecified atom stereocenters. The van der Waals surface area contributed by atoms with Gasteiger partial charge in [-0.3, -0.25) is 0 Å². The highest BCUT2D eigenvalue weighted by molar-refractivity contribution is 6.30. The summed E-state index contributed by atoms with van der Waals surface area (Å²) in [5, 5.41) is 12.5. The quantitative estimate of drug-likeness (QED) is 0.611. The van der Waals surface area contributed by atoms with Crippen molar-refractivity contribution in [1.29, 1.82) is 0 Å². The Kier molecular flexibility index (Phi) is 6.57. The molecule has 0 fully saturated rings. The number of benzene rings is 1. The van der Waals surface area contributed by atoms with E-state index in [0.29, 0.717) is 37.3 Å². The first-order valence-corrected chi connectivity index (χ1v) is 10.5. The number of carbonyl (C=O) groups is 1. The zero-order chi connectivity index (χ0) is 22.7. The highest BCUT2D eigenvalue weighted by atomic mass is 35.5. The molecule has 2 aromatic heterocycles. The van der Waals surface area contributed by atoms with Crippen molar-refractivity contribution in [2.24, 2.45) is 0 Å². The lowest BCUT2D eigenvalue weighted by molar-refractivity contribution is 0.176. The third-order valence-corrected chi connectivity index (χ3v) is 5.76. The smallest absolute Gasteiger partial charge is 0.318 e. The molecule has 3 heterocycles. The average Bonchev–Trinajstić information content (AvgIpc) is 2.80. The van der Waals surface area contributed by atoms with Crippen LogP contribution in [0.4, 0.5) is 9.18 Å². The molecule has 10 heteroatoms. The van der Waals surface area contributed by atoms with E-state index < -0.39 is 11.9 Å². The Hall–Kier alpha value is -3.17. The first kappa shape index (κ1) is 22.0. The van der Waals surface area contributed by atoms with Gasteiger partial charge in [0.15, 0.2) is 0 Å². The largest absolute Gasteiger partial charge is 0.394 e. The van der Waals surface area contributed by atoms with E-state index in [1.165, 1.54) is 24.5 Å². The molecule has 1 aliphatic rings. The molecule has 1 aliphatic heterocycles. The SMILES string of the molecule is Cc1ncncc1Cc1ncc2c(n1)CN(C(=O)N[C@H](CO)c1ccc(F)c(Cl)c1)CC2. The van der Waals surface area contributed by atoms with Crippen LogP contribution in [0.15, 0.2) is 36.9 Å². The number of rotatable bonds is 5. The van der Waals surface area contributed by atoms with Gasteiger partial charge >= 0.3 is 6.03 Å². The zero-order valence-corrected chi connectivity index (χ0v) is 18.2. The molecule has 0 bridgehead atoms. The monoisotopic (exact) mass is 456 g/mol. The Balaban J connectivity index is 1.46. The maximum absolute atomic E-state index is 13.4. The Bertz CT molecular complexity index is 1150. The molecule has 0 saturated heterocycles. The van der Waals surface area contributed by atoms with Crippen LogP contribution >= 0.6 is 11.6 Å². The molecular formula is C22H22ClFN6O2. The van der Waals surface area contributed by atoms with Crippen molar-refractivity contribution < 1.29 is 14.3 Å². The van der Waals surface area contributed by atoms with Crippen LogP contribution in [0.2, 0.25) is 5.02 Å². The number of nitrogens with zero attached hydrogens (tertiary/aromatic N) is 5. The number of aromatic nitrogens is 4. The van der Waals surface area contributed by atoms with Crippen molar-refractivity contribution in [2.75, 3.05) is 13.2 Å². The first-order chi connectivity index (χ1) is 15.4. The molecule has 1 atom stereocenters. The van der Waals surface area contributed by atoms with E-state index in [4.69, 9.17) is 11.6 Å². The summed E-state index contributed by atoms with van der Waals surface area (Å²) in [5.74, 6) is 0.0805. The van der Waals surface area contributed by atoms with Gasteiger partial charge in [0.05, 0.1) is 29.9 Å². The van der Waals surface area contributed by atoms with Crippen LogP contribution in [0.5, 0.6) is 0 Å². The van der Waals surface area contributed by atoms with Gasteiger partial charge in [0, 0.05) is 31.1 Å². The molecule has 4 rings (SSSR count). The molecule has 0 aliphatic carbocycles. The second-order valence-electron chi connectivity index (χ2n) is 7.60. The van der Waals surface area contributed by atoms with Crippen LogP contribution < -0.4 is 5.32 Å². The predicted octanol–water partition coefficient (Wildman–Crippen LogP) is 2.76. The molecule has 2 amide bonds. The summed E-state index contributed by atoms with van der Waals surface area (Å²) in [6, 6.07) is 3.05. The summed E-state index contributed by atoms with van der Waals surface area (Å²) in [7, 11) is 0. The van der Waals surface area contributed by atoms with E-state index in [0.717, 1.165) is 22.5 Å². The van der Waals surface area contributed by atoms with Crippen LogP contribution in [0.3, 0.4) is 0 Å². The molecular weight excluding hydrogens is 435 g/mol. The summed E-state index contributed by atoms with van der Waals surface area (Å²) in [5.41, 5.74) is 4.13. The van der Waals surface area contributed by atoms with Gasteiger partial charge in [-0.2, -0.15) is 0 Å². The summed E-state index contributed by atoms with van der Waals surface area (Å²) in [4.78, 5) is 31.9. The van der Waals surface area contributed by atoms with Crippen molar-refractivity contribution in [2.45, 2.75) is 32.4 Å². The summed E-state index contributed by atoms with van der Waals surface area (Å²) in [6.45, 7) is 2.38. The third-order valence-electron chi connectivity index (χ3n) is 5.47. The van der Waals surface area contributed by atoms with Crippen molar-refractivity contribution in [3.8, 4) is 0 Å². The van der Waals surface area contributed by atoms with Crippen molar-refractivity contribution in [1.82, 2.24) is 30.2 Å². The van der Waals surface area contributed by atoms with Gasteiger partial charge in [0.2, 0.25) is 0 Å². The fourth-order valence-electron chi connectivity index (χ4n) is 3.57. The molecule has 0 radical (unpaired) electrons. The van der Waals surface area contributed by atoms with Crippen LogP contribution in [-0.4, -0.2) is 49.1 Å². The van der Waals surface area contributed by atoms with Gasteiger partial charge in [-0.05, 0) is 42.2 Å². The maximum Gasteiger partial charge on any atom is 0.318 e. The van der Waals surface area contributed by atoms with Gasteiger partial charge in [-0.25, -0.2) is 29.1 Å². The number of aliphatic hydroxyl groups is 1. The van der Waals surface area contributed by atoms with E-state index in [2.05, 4.69) is 25.3 Å². The van der Waals surface area contributed by atoms with Crippen molar-refractivity contribution in [3.05, 3.63) is 81.7 Å². The molecule has 8 nitrogen and oxygen atoms in total. The number of amides is 2. The van der Waals surface area contributed by atoms with Crippen LogP contribution in [0.25, 0.3) is 0 Å². The zero-order valence-electron chi connectivity index (χ0n) is 17.4. The number of carbonyl (C=O) groups excluding carboxylic acids is 1. The number of nitrogens with one attached hydrogen (secondary N) is 1. The van der Waals surface area contributed by atoms with E-state index in [-0.39, 0.29) is 17.7 Å². The minimum atomic E-state index is -0.705. The molecule has 32 heavy (non-hydrogen) atoms. The fraction of sp³-hybridized carbons (Fsp3) is 0.318. The first-order valence-electron chi connectivity index (χ1n) is 10.1. The van der Waals surface area contributed by atoms with E-state index in [1.807, 2.05) is 13.1 Å². The standard InChI is InChI=1S/C22H22ClFN6O2/c1-13-16(8-25-12-27-13)7-21-26-9-15-4-5-30(10-19(15)28-21)22(32)29-20(11-31)14-2-3-18(24)17(23)6-14/h2-3,6,8-9,12,20,31H,4-5,7,10-11H2,1H3,(H,29,32)/t20-/m1/s1. The van der Waals surface area contributed by atoms with E-state index in [1.54, 1.807) is 11.1 Å². The number of aliphatic hydroxyl groups excluding tert-OH is 1. The van der Waals surface area contributed by atoms with Crippen LogP contribution in [0, 0.1) is 12.7 Å². The van der Waals surface area contributed by atoms with Crippen LogP contribution in [-0.2, 0) is 19.4 Å². The maximum atomic E-state index is 13.4. The Morgan fingerprint density at radius 1 is 1.34 bits per heavy atom. The predicted molar refractivity (Wildman–Crippen MR) is 115 cm³/mol. The Labute approximate surface area is 189 Å². The van der Waals surface area contributed by atoms with Gasteiger partial charge in [0.25, 0.3) is 0 Å². The molecule has 0 spiro atoms. The fourth-order valence-corrected chi connectivity index (χ4v) is 3.76. The van der Waals surface area contributed by atoms with E-state index in [9.17, 15) is 14.3 Å². The van der Waals surface area contributed by atoms with Gasteiger partial charge < -0.3 is 15.3 Å². The Morgan fingerprint density at radius 2 is 2.19 bits per heavy atom. The number of hydrogen-bond acceptors (Lipinski definition) is 6. The van der Waals surface area contributed by atoms with Crippen molar-refractivity contribution >= 4 is 17.6 Å². The van der Waals surface area contributed by atoms with Crippen LogP contribution in [0.1, 0.15) is 39.9 Å². The number of fused-ring (bicyclic) bond motifs is 1. The second kappa shape index (κ2) is 9.54. The van der Waals surface area contributed by atoms with E-state index >= 15 is 0 Å². The van der Waals surface area contributed by atoms with Gasteiger partial charge in [-0.1, -0.05) is 17.7 Å². The topological polar surface area (TPSA) is 104 Å². The second-order valence-corrected chi connectivity index (χ2v) is 8.01. The average molecular weight is 457 g/mol. The number of aryl methyl sites for hydroxylation is 1. The molecule has 0 saturated carbocycles. The van der Waals surface area contributed by atoms with Crippen molar-refractivity contribution in [3.63, 3.8) is 0 Å². The highest BCUT2D eigenvalue weighted by Crippen LogP contribution is 2.22. The summed E-state index contributed by atoms with van der Waals surface area (Å²) in [6.07, 6.45) is 6.19. The lowest BCUT2D eigenvalue weighted by Crippen LogP contribution is -2.45. The molecule has 3 aromatic rings. The van der Waals surface area contributed by atoms with Gasteiger partial charge in [-0.15, -0.1) is 0 Å². The number of urea groups is 1. The minimum Gasteiger partial charge on any atom is -0.394 e. The summed E-state index contributed by atoms with van der Waals surface area (Å²) >= 11 is 5.84. The summed E-state index contributed by atoms with van der Waals surface area (Å²) < 4.78 is 13.4. The highest BCUT2D eigenvalue weighted by Gasteiger charge is 2.25. The normalized spacial score (nSPS) is 14.1. The molecule has 2 N–H and O–H groups in total. The number of halogens is 2. The number of hydrogen-bond donors (Lipinski definition) is 2. The van der Waals surface area contributed by atoms with Gasteiger partial charge in [0.1, 0.15) is 18.0 Å². The minimum absolute atomic E-state index is 0.0645. The molecule has 166 valence electrons. The molecule has 1 aromatic carbocycles. The lowest BCUT2D eigenvalue weighted by Gasteiger charge is -2.30. The third kappa shape index (κ3) is 4.84. The lowest BCUT2D eigenvalue weighted by atomic mass is 10.1. The Morgan fingerprint density at radius 3 is 2.94 bits per heavy atom.